The number of pyridine rings is 1. The molecule has 2 aromatic heterocycles. The van der Waals surface area contributed by atoms with Gasteiger partial charge < -0.3 is 4.57 Å². The van der Waals surface area contributed by atoms with E-state index in [4.69, 9.17) is 16.6 Å². The standard InChI is InChI=1S/C15H19BrClN3/c1-10(17)13-19-12-8-11(16)9-18-14(12)20(13)15(2)6-4-3-5-7-15/h8-10H,3-7H2,1-2H3. The lowest BCUT2D eigenvalue weighted by Crippen LogP contribution is -2.34. The second kappa shape index (κ2) is 5.30. The number of hydrogen-bond acceptors (Lipinski definition) is 2. The lowest BCUT2D eigenvalue weighted by atomic mass is 9.83. The van der Waals surface area contributed by atoms with Gasteiger partial charge in [0.2, 0.25) is 0 Å². The molecular weight excluding hydrogens is 338 g/mol. The quantitative estimate of drug-likeness (QED) is 0.695. The highest BCUT2D eigenvalue weighted by molar-refractivity contribution is 9.10. The first-order valence-corrected chi connectivity index (χ1v) is 8.43. The maximum absolute atomic E-state index is 6.38. The van der Waals surface area contributed by atoms with Gasteiger partial charge in [0.25, 0.3) is 0 Å². The molecule has 2 aromatic rings. The number of hydrogen-bond donors (Lipinski definition) is 0. The maximum Gasteiger partial charge on any atom is 0.160 e. The van der Waals surface area contributed by atoms with Gasteiger partial charge in [0.1, 0.15) is 11.3 Å². The van der Waals surface area contributed by atoms with E-state index < -0.39 is 0 Å². The lowest BCUT2D eigenvalue weighted by Gasteiger charge is -2.36. The molecule has 1 saturated carbocycles. The molecule has 1 unspecified atom stereocenters. The van der Waals surface area contributed by atoms with Crippen LogP contribution in [0.2, 0.25) is 0 Å². The highest BCUT2D eigenvalue weighted by atomic mass is 79.9. The van der Waals surface area contributed by atoms with Crippen LogP contribution in [-0.2, 0) is 5.54 Å². The van der Waals surface area contributed by atoms with Crippen LogP contribution in [-0.4, -0.2) is 14.5 Å². The molecule has 1 aliphatic carbocycles. The van der Waals surface area contributed by atoms with Gasteiger partial charge in [-0.05, 0) is 48.7 Å². The van der Waals surface area contributed by atoms with Crippen molar-refractivity contribution < 1.29 is 0 Å². The predicted molar refractivity (Wildman–Crippen MR) is 86.2 cm³/mol. The molecule has 5 heteroatoms. The molecule has 0 N–H and O–H groups in total. The van der Waals surface area contributed by atoms with Gasteiger partial charge in [-0.25, -0.2) is 9.97 Å². The van der Waals surface area contributed by atoms with Crippen molar-refractivity contribution in [2.24, 2.45) is 0 Å². The molecular formula is C15H19BrClN3. The van der Waals surface area contributed by atoms with Crippen molar-refractivity contribution in [1.82, 2.24) is 14.5 Å². The van der Waals surface area contributed by atoms with Crippen molar-refractivity contribution in [3.63, 3.8) is 0 Å². The average molecular weight is 357 g/mol. The van der Waals surface area contributed by atoms with E-state index in [1.54, 1.807) is 0 Å². The highest BCUT2D eigenvalue weighted by Gasteiger charge is 2.33. The van der Waals surface area contributed by atoms with Crippen molar-refractivity contribution in [1.29, 1.82) is 0 Å². The van der Waals surface area contributed by atoms with E-state index in [2.05, 4.69) is 32.4 Å². The molecule has 0 saturated heterocycles. The smallest absolute Gasteiger partial charge is 0.160 e. The van der Waals surface area contributed by atoms with Crippen LogP contribution in [0, 0.1) is 0 Å². The van der Waals surface area contributed by atoms with Crippen LogP contribution in [0.3, 0.4) is 0 Å². The average Bonchev–Trinajstić information content (AvgIpc) is 2.79. The third-order valence-corrected chi connectivity index (χ3v) is 4.94. The first-order valence-electron chi connectivity index (χ1n) is 7.20. The molecule has 3 nitrogen and oxygen atoms in total. The summed E-state index contributed by atoms with van der Waals surface area (Å²) in [7, 11) is 0. The van der Waals surface area contributed by atoms with Crippen LogP contribution in [0.25, 0.3) is 11.2 Å². The molecule has 1 atom stereocenters. The zero-order chi connectivity index (χ0) is 14.3. The topological polar surface area (TPSA) is 30.7 Å². The van der Waals surface area contributed by atoms with E-state index in [0.29, 0.717) is 0 Å². The Balaban J connectivity index is 2.23. The van der Waals surface area contributed by atoms with Crippen molar-refractivity contribution in [2.45, 2.75) is 56.9 Å². The van der Waals surface area contributed by atoms with E-state index in [-0.39, 0.29) is 10.9 Å². The van der Waals surface area contributed by atoms with Gasteiger partial charge in [0.05, 0.1) is 5.38 Å². The summed E-state index contributed by atoms with van der Waals surface area (Å²) >= 11 is 9.85. The summed E-state index contributed by atoms with van der Waals surface area (Å²) in [6.45, 7) is 4.31. The molecule has 0 aromatic carbocycles. The summed E-state index contributed by atoms with van der Waals surface area (Å²) < 4.78 is 3.25. The summed E-state index contributed by atoms with van der Waals surface area (Å²) in [5, 5.41) is -0.110. The molecule has 2 heterocycles. The molecule has 0 spiro atoms. The molecule has 0 amide bonds. The maximum atomic E-state index is 6.38. The zero-order valence-electron chi connectivity index (χ0n) is 11.9. The predicted octanol–water partition coefficient (Wildman–Crippen LogP) is 5.17. The molecule has 20 heavy (non-hydrogen) atoms. The van der Waals surface area contributed by atoms with Crippen LogP contribution in [0.15, 0.2) is 16.7 Å². The number of alkyl halides is 1. The Kier molecular flexibility index (Phi) is 3.80. The van der Waals surface area contributed by atoms with E-state index in [0.717, 1.165) is 21.5 Å². The summed E-state index contributed by atoms with van der Waals surface area (Å²) in [5.41, 5.74) is 1.97. The molecule has 0 bridgehead atoms. The largest absolute Gasteiger partial charge is 0.306 e. The normalized spacial score (nSPS) is 20.2. The Morgan fingerprint density at radius 3 is 2.70 bits per heavy atom. The van der Waals surface area contributed by atoms with Gasteiger partial charge in [0, 0.05) is 16.2 Å². The fourth-order valence-electron chi connectivity index (χ4n) is 3.29. The fraction of sp³-hybridized carbons (Fsp3) is 0.600. The summed E-state index contributed by atoms with van der Waals surface area (Å²) in [6, 6.07) is 2.02. The van der Waals surface area contributed by atoms with Crippen LogP contribution < -0.4 is 0 Å². The Morgan fingerprint density at radius 1 is 1.35 bits per heavy atom. The molecule has 0 aliphatic heterocycles. The number of nitrogens with zero attached hydrogens (tertiary/aromatic N) is 3. The van der Waals surface area contributed by atoms with E-state index in [9.17, 15) is 0 Å². The van der Waals surface area contributed by atoms with Crippen LogP contribution >= 0.6 is 27.5 Å². The van der Waals surface area contributed by atoms with Crippen molar-refractivity contribution in [3.05, 3.63) is 22.6 Å². The Bertz CT molecular complexity index is 629. The summed E-state index contributed by atoms with van der Waals surface area (Å²) in [6.07, 6.45) is 8.05. The van der Waals surface area contributed by atoms with Crippen LogP contribution in [0.4, 0.5) is 0 Å². The van der Waals surface area contributed by atoms with Gasteiger partial charge in [-0.3, -0.25) is 0 Å². The first-order chi connectivity index (χ1) is 9.51. The third-order valence-electron chi connectivity index (χ3n) is 4.32. The molecule has 1 aliphatic rings. The number of imidazole rings is 1. The monoisotopic (exact) mass is 355 g/mol. The minimum Gasteiger partial charge on any atom is -0.306 e. The Labute approximate surface area is 132 Å². The number of halogens is 2. The van der Waals surface area contributed by atoms with E-state index >= 15 is 0 Å². The number of rotatable bonds is 2. The van der Waals surface area contributed by atoms with E-state index in [1.807, 2.05) is 19.2 Å². The molecule has 1 fully saturated rings. The minimum absolute atomic E-state index is 0.0896. The number of fused-ring (bicyclic) bond motifs is 1. The van der Waals surface area contributed by atoms with Gasteiger partial charge >= 0.3 is 0 Å². The SMILES string of the molecule is CC(Cl)c1nc2cc(Br)cnc2n1C1(C)CCCCC1. The minimum atomic E-state index is -0.110. The number of aromatic nitrogens is 3. The van der Waals surface area contributed by atoms with Gasteiger partial charge in [-0.1, -0.05) is 19.3 Å². The molecule has 0 radical (unpaired) electrons. The Morgan fingerprint density at radius 2 is 2.05 bits per heavy atom. The highest BCUT2D eigenvalue weighted by Crippen LogP contribution is 2.39. The van der Waals surface area contributed by atoms with Crippen LogP contribution in [0.1, 0.15) is 57.2 Å². The van der Waals surface area contributed by atoms with Crippen molar-refractivity contribution in [2.75, 3.05) is 0 Å². The molecule has 108 valence electrons. The zero-order valence-corrected chi connectivity index (χ0v) is 14.2. The van der Waals surface area contributed by atoms with Gasteiger partial charge in [-0.15, -0.1) is 11.6 Å². The Hall–Kier alpha value is -0.610. The first kappa shape index (κ1) is 14.3. The van der Waals surface area contributed by atoms with E-state index in [1.165, 1.54) is 32.1 Å². The fourth-order valence-corrected chi connectivity index (χ4v) is 3.76. The molecule has 3 rings (SSSR count). The second-order valence-electron chi connectivity index (χ2n) is 5.98. The van der Waals surface area contributed by atoms with Crippen molar-refractivity contribution in [3.8, 4) is 0 Å². The van der Waals surface area contributed by atoms with Gasteiger partial charge in [-0.2, -0.15) is 0 Å². The van der Waals surface area contributed by atoms with Gasteiger partial charge in [0.15, 0.2) is 5.65 Å². The van der Waals surface area contributed by atoms with Crippen molar-refractivity contribution >= 4 is 38.7 Å². The third kappa shape index (κ3) is 2.37. The summed E-state index contributed by atoms with van der Waals surface area (Å²) in [5.74, 6) is 0.941. The van der Waals surface area contributed by atoms with Crippen LogP contribution in [0.5, 0.6) is 0 Å². The summed E-state index contributed by atoms with van der Waals surface area (Å²) in [4.78, 5) is 9.33. The second-order valence-corrected chi connectivity index (χ2v) is 7.55. The lowest BCUT2D eigenvalue weighted by molar-refractivity contribution is 0.218.